The fourth-order valence-corrected chi connectivity index (χ4v) is 2.09. The van der Waals surface area contributed by atoms with E-state index in [1.807, 2.05) is 25.1 Å². The molecule has 0 aliphatic rings. The van der Waals surface area contributed by atoms with Crippen LogP contribution in [0.15, 0.2) is 29.2 Å². The Morgan fingerprint density at radius 1 is 1.53 bits per heavy atom. The summed E-state index contributed by atoms with van der Waals surface area (Å²) in [5.41, 5.74) is -0.362. The maximum Gasteiger partial charge on any atom is 0.252 e. The van der Waals surface area contributed by atoms with Crippen LogP contribution in [0.3, 0.4) is 0 Å². The van der Waals surface area contributed by atoms with Crippen LogP contribution in [-0.4, -0.2) is 28.9 Å². The van der Waals surface area contributed by atoms with Crippen molar-refractivity contribution in [2.24, 2.45) is 0 Å². The number of nitrogens with one attached hydrogen (secondary N) is 1. The lowest BCUT2D eigenvalue weighted by molar-refractivity contribution is 0.0517. The number of thioether (sulfide) groups is 1. The van der Waals surface area contributed by atoms with Crippen LogP contribution >= 0.6 is 11.8 Å². The first-order valence-corrected chi connectivity index (χ1v) is 7.08. The molecule has 0 spiro atoms. The molecule has 19 heavy (non-hydrogen) atoms. The van der Waals surface area contributed by atoms with Gasteiger partial charge in [-0.2, -0.15) is 5.26 Å². The predicted molar refractivity (Wildman–Crippen MR) is 76.0 cm³/mol. The summed E-state index contributed by atoms with van der Waals surface area (Å²) in [6.07, 6.45) is 0.568. The lowest BCUT2D eigenvalue weighted by Gasteiger charge is -2.21. The van der Waals surface area contributed by atoms with Gasteiger partial charge in [0.25, 0.3) is 5.91 Å². The van der Waals surface area contributed by atoms with Crippen LogP contribution in [0.1, 0.15) is 30.6 Å². The molecular weight excluding hydrogens is 260 g/mol. The monoisotopic (exact) mass is 278 g/mol. The van der Waals surface area contributed by atoms with E-state index in [1.165, 1.54) is 11.8 Å². The summed E-state index contributed by atoms with van der Waals surface area (Å²) in [5.74, 6) is 0.0755. The highest BCUT2D eigenvalue weighted by atomic mass is 32.2. The lowest BCUT2D eigenvalue weighted by atomic mass is 10.0. The molecule has 2 N–H and O–H groups in total. The van der Waals surface area contributed by atoms with Crippen molar-refractivity contribution < 1.29 is 9.90 Å². The molecular formula is C14H18N2O2S. The number of amides is 1. The second kappa shape index (κ2) is 7.17. The molecule has 1 amide bonds. The molecule has 0 aromatic heterocycles. The summed E-state index contributed by atoms with van der Waals surface area (Å²) in [6.45, 7) is 3.76. The van der Waals surface area contributed by atoms with Crippen LogP contribution in [0.25, 0.3) is 0 Å². The van der Waals surface area contributed by atoms with Gasteiger partial charge in [-0.25, -0.2) is 0 Å². The Bertz CT molecular complexity index is 481. The highest BCUT2D eigenvalue weighted by molar-refractivity contribution is 7.99. The average molecular weight is 278 g/mol. The van der Waals surface area contributed by atoms with Crippen molar-refractivity contribution in [2.75, 3.05) is 12.3 Å². The van der Waals surface area contributed by atoms with Crippen molar-refractivity contribution in [2.45, 2.75) is 30.8 Å². The minimum atomic E-state index is -0.898. The highest BCUT2D eigenvalue weighted by Crippen LogP contribution is 2.22. The zero-order chi connectivity index (χ0) is 14.3. The third-order valence-corrected chi connectivity index (χ3v) is 3.76. The molecule has 0 aliphatic heterocycles. The first-order chi connectivity index (χ1) is 9.00. The zero-order valence-corrected chi connectivity index (χ0v) is 12.0. The van der Waals surface area contributed by atoms with Gasteiger partial charge >= 0.3 is 0 Å². The Balaban J connectivity index is 2.74. The number of aliphatic hydroxyl groups is 1. The minimum Gasteiger partial charge on any atom is -0.388 e. The third kappa shape index (κ3) is 4.93. The van der Waals surface area contributed by atoms with E-state index >= 15 is 0 Å². The molecule has 5 heteroatoms. The Kier molecular flexibility index (Phi) is 5.87. The molecule has 1 atom stereocenters. The molecule has 0 fully saturated rings. The first-order valence-electron chi connectivity index (χ1n) is 6.09. The van der Waals surface area contributed by atoms with E-state index in [1.54, 1.807) is 19.1 Å². The van der Waals surface area contributed by atoms with Crippen molar-refractivity contribution in [3.05, 3.63) is 29.8 Å². The van der Waals surface area contributed by atoms with E-state index in [2.05, 4.69) is 5.32 Å². The average Bonchev–Trinajstić information content (AvgIpc) is 2.43. The Hall–Kier alpha value is -1.51. The van der Waals surface area contributed by atoms with Gasteiger partial charge in [0.15, 0.2) is 0 Å². The van der Waals surface area contributed by atoms with Crippen molar-refractivity contribution in [1.29, 1.82) is 5.26 Å². The number of nitriles is 1. The number of carbonyl (C=O) groups is 1. The van der Waals surface area contributed by atoms with Crippen LogP contribution in [0.5, 0.6) is 0 Å². The predicted octanol–water partition coefficient (Wildman–Crippen LogP) is 2.19. The summed E-state index contributed by atoms with van der Waals surface area (Å²) in [4.78, 5) is 12.8. The van der Waals surface area contributed by atoms with Gasteiger partial charge in [-0.1, -0.05) is 19.1 Å². The zero-order valence-electron chi connectivity index (χ0n) is 11.1. The van der Waals surface area contributed by atoms with Crippen molar-refractivity contribution >= 4 is 17.7 Å². The Morgan fingerprint density at radius 3 is 2.84 bits per heavy atom. The van der Waals surface area contributed by atoms with E-state index in [0.29, 0.717) is 17.7 Å². The smallest absolute Gasteiger partial charge is 0.252 e. The van der Waals surface area contributed by atoms with E-state index in [0.717, 1.165) is 4.90 Å². The molecule has 1 unspecified atom stereocenters. The third-order valence-electron chi connectivity index (χ3n) is 2.82. The van der Waals surface area contributed by atoms with Crippen molar-refractivity contribution in [1.82, 2.24) is 5.32 Å². The van der Waals surface area contributed by atoms with Crippen molar-refractivity contribution in [3.63, 3.8) is 0 Å². The van der Waals surface area contributed by atoms with Crippen LogP contribution in [0.2, 0.25) is 0 Å². The van der Waals surface area contributed by atoms with Gasteiger partial charge in [-0.3, -0.25) is 4.79 Å². The number of hydrogen-bond donors (Lipinski definition) is 2. The Morgan fingerprint density at radius 2 is 2.21 bits per heavy atom. The van der Waals surface area contributed by atoms with Crippen LogP contribution < -0.4 is 5.32 Å². The van der Waals surface area contributed by atoms with E-state index < -0.39 is 5.60 Å². The summed E-state index contributed by atoms with van der Waals surface area (Å²) in [7, 11) is 0. The van der Waals surface area contributed by atoms with Gasteiger partial charge in [-0.15, -0.1) is 11.8 Å². The van der Waals surface area contributed by atoms with Gasteiger partial charge < -0.3 is 10.4 Å². The summed E-state index contributed by atoms with van der Waals surface area (Å²) >= 11 is 1.33. The second-order valence-corrected chi connectivity index (χ2v) is 5.49. The van der Waals surface area contributed by atoms with E-state index in [9.17, 15) is 9.90 Å². The molecule has 1 aromatic rings. The van der Waals surface area contributed by atoms with Crippen LogP contribution in [-0.2, 0) is 0 Å². The highest BCUT2D eigenvalue weighted by Gasteiger charge is 2.19. The summed E-state index contributed by atoms with van der Waals surface area (Å²) in [5, 5.41) is 21.2. The normalized spacial score (nSPS) is 13.4. The van der Waals surface area contributed by atoms with Gasteiger partial charge in [0.2, 0.25) is 0 Å². The molecule has 1 aromatic carbocycles. The quantitative estimate of drug-likeness (QED) is 0.782. The minimum absolute atomic E-state index is 0.208. The molecule has 102 valence electrons. The number of rotatable bonds is 6. The molecule has 1 rings (SSSR count). The van der Waals surface area contributed by atoms with Crippen molar-refractivity contribution in [3.8, 4) is 6.07 Å². The topological polar surface area (TPSA) is 73.1 Å². The molecule has 0 aliphatic carbocycles. The number of benzene rings is 1. The summed E-state index contributed by atoms with van der Waals surface area (Å²) in [6, 6.07) is 9.18. The van der Waals surface area contributed by atoms with E-state index in [4.69, 9.17) is 5.26 Å². The maximum absolute atomic E-state index is 12.1. The van der Waals surface area contributed by atoms with Gasteiger partial charge in [0.1, 0.15) is 0 Å². The molecule has 0 saturated heterocycles. The van der Waals surface area contributed by atoms with Gasteiger partial charge in [0.05, 0.1) is 23.0 Å². The number of nitrogens with zero attached hydrogens (tertiary/aromatic N) is 1. The van der Waals surface area contributed by atoms with Crippen LogP contribution in [0, 0.1) is 11.3 Å². The van der Waals surface area contributed by atoms with Gasteiger partial charge in [0, 0.05) is 11.4 Å². The molecule has 0 saturated carbocycles. The fraction of sp³-hybridized carbons (Fsp3) is 0.429. The molecule has 0 heterocycles. The maximum atomic E-state index is 12.1. The second-order valence-electron chi connectivity index (χ2n) is 4.48. The Labute approximate surface area is 117 Å². The number of carbonyl (C=O) groups excluding carboxylic acids is 1. The number of hydrogen-bond acceptors (Lipinski definition) is 4. The molecule has 0 radical (unpaired) electrons. The van der Waals surface area contributed by atoms with E-state index in [-0.39, 0.29) is 12.5 Å². The SMILES string of the molecule is CCC(C)(O)CNC(=O)c1ccccc1SCC#N. The molecule has 0 bridgehead atoms. The lowest BCUT2D eigenvalue weighted by Crippen LogP contribution is -2.40. The van der Waals surface area contributed by atoms with Gasteiger partial charge in [-0.05, 0) is 25.5 Å². The fourth-order valence-electron chi connectivity index (χ4n) is 1.38. The van der Waals surface area contributed by atoms with Crippen LogP contribution in [0.4, 0.5) is 0 Å². The first kappa shape index (κ1) is 15.5. The standard InChI is InChI=1S/C14H18N2O2S/c1-3-14(2,18)10-16-13(17)11-6-4-5-7-12(11)19-9-8-15/h4-7,18H,3,9-10H2,1-2H3,(H,16,17). The molecule has 4 nitrogen and oxygen atoms in total. The largest absolute Gasteiger partial charge is 0.388 e. The summed E-state index contributed by atoms with van der Waals surface area (Å²) < 4.78 is 0.